The summed E-state index contributed by atoms with van der Waals surface area (Å²) in [5.74, 6) is -1.12. The summed E-state index contributed by atoms with van der Waals surface area (Å²) in [4.78, 5) is 11.0. The highest BCUT2D eigenvalue weighted by Crippen LogP contribution is 2.12. The van der Waals surface area contributed by atoms with E-state index in [1.165, 1.54) is 6.92 Å². The van der Waals surface area contributed by atoms with Crippen LogP contribution in [0.3, 0.4) is 0 Å². The van der Waals surface area contributed by atoms with Crippen molar-refractivity contribution in [1.29, 1.82) is 0 Å². The molecular formula is C8H15BrO7. The van der Waals surface area contributed by atoms with Crippen LogP contribution in [-0.2, 0) is 9.53 Å². The monoisotopic (exact) mass is 302 g/mol. The number of aliphatic hydroxyl groups excluding tert-OH is 5. The highest BCUT2D eigenvalue weighted by atomic mass is 79.9. The van der Waals surface area contributed by atoms with Crippen LogP contribution in [0.1, 0.15) is 6.92 Å². The Balaban J connectivity index is 4.42. The lowest BCUT2D eigenvalue weighted by molar-refractivity contribution is -0.170. The van der Waals surface area contributed by atoms with Crippen LogP contribution in [0.25, 0.3) is 0 Å². The number of carbonyl (C=O) groups excluding carboxylic acids is 1. The van der Waals surface area contributed by atoms with E-state index >= 15 is 0 Å². The first-order valence-corrected chi connectivity index (χ1v) is 5.45. The third-order valence-electron chi connectivity index (χ3n) is 1.83. The Morgan fingerprint density at radius 3 is 2.00 bits per heavy atom. The van der Waals surface area contributed by atoms with Gasteiger partial charge in [-0.25, -0.2) is 4.79 Å². The van der Waals surface area contributed by atoms with Gasteiger partial charge in [-0.05, 0) is 6.92 Å². The Hall–Kier alpha value is -0.250. The van der Waals surface area contributed by atoms with E-state index < -0.39 is 35.4 Å². The molecule has 5 unspecified atom stereocenters. The van der Waals surface area contributed by atoms with Crippen LogP contribution in [0.15, 0.2) is 0 Å². The first-order chi connectivity index (χ1) is 7.32. The van der Waals surface area contributed by atoms with E-state index in [2.05, 4.69) is 20.7 Å². The van der Waals surface area contributed by atoms with E-state index in [4.69, 9.17) is 10.2 Å². The van der Waals surface area contributed by atoms with Gasteiger partial charge in [-0.1, -0.05) is 15.9 Å². The van der Waals surface area contributed by atoms with Gasteiger partial charge in [0, 0.05) is 0 Å². The standard InChI is InChI=1S/C8H15BrO7/c1-2-16-8(15)6(13)4(11)3(10)5(12)7(9)14/h3-7,10-14H,2H2,1H3. The van der Waals surface area contributed by atoms with Crippen LogP contribution in [0.5, 0.6) is 0 Å². The third-order valence-corrected chi connectivity index (χ3v) is 2.37. The fourth-order valence-corrected chi connectivity index (χ4v) is 1.23. The Labute approximate surface area is 100 Å². The van der Waals surface area contributed by atoms with Gasteiger partial charge in [-0.15, -0.1) is 0 Å². The van der Waals surface area contributed by atoms with Crippen molar-refractivity contribution in [2.45, 2.75) is 36.4 Å². The highest BCUT2D eigenvalue weighted by Gasteiger charge is 2.37. The number of hydrogen-bond acceptors (Lipinski definition) is 7. The number of rotatable bonds is 6. The molecule has 0 radical (unpaired) electrons. The summed E-state index contributed by atoms with van der Waals surface area (Å²) in [6.07, 6.45) is -7.59. The van der Waals surface area contributed by atoms with Crippen molar-refractivity contribution in [3.8, 4) is 0 Å². The molecule has 0 aromatic carbocycles. The lowest BCUT2D eigenvalue weighted by Gasteiger charge is -2.26. The molecule has 0 aromatic heterocycles. The normalized spacial score (nSPS) is 20.7. The van der Waals surface area contributed by atoms with Gasteiger partial charge in [0.15, 0.2) is 6.10 Å². The molecule has 0 aliphatic rings. The van der Waals surface area contributed by atoms with Crippen LogP contribution in [-0.4, -0.2) is 67.5 Å². The Bertz CT molecular complexity index is 222. The zero-order valence-corrected chi connectivity index (χ0v) is 10.1. The molecule has 5 N–H and O–H groups in total. The van der Waals surface area contributed by atoms with Gasteiger partial charge in [-0.3, -0.25) is 0 Å². The molecule has 0 saturated carbocycles. The van der Waals surface area contributed by atoms with Gasteiger partial charge in [0.1, 0.15) is 23.3 Å². The lowest BCUT2D eigenvalue weighted by atomic mass is 10.0. The van der Waals surface area contributed by atoms with E-state index in [9.17, 15) is 20.1 Å². The van der Waals surface area contributed by atoms with Gasteiger partial charge in [-0.2, -0.15) is 0 Å². The largest absolute Gasteiger partial charge is 0.464 e. The van der Waals surface area contributed by atoms with Gasteiger partial charge < -0.3 is 30.3 Å². The molecular weight excluding hydrogens is 288 g/mol. The van der Waals surface area contributed by atoms with Gasteiger partial charge >= 0.3 is 5.97 Å². The smallest absolute Gasteiger partial charge is 0.337 e. The van der Waals surface area contributed by atoms with Crippen LogP contribution >= 0.6 is 15.9 Å². The van der Waals surface area contributed by atoms with Crippen molar-refractivity contribution in [3.05, 3.63) is 0 Å². The number of alkyl halides is 1. The first-order valence-electron chi connectivity index (χ1n) is 4.54. The number of hydrogen-bond donors (Lipinski definition) is 5. The Morgan fingerprint density at radius 2 is 1.62 bits per heavy atom. The predicted octanol–water partition coefficient (Wildman–Crippen LogP) is -2.29. The summed E-state index contributed by atoms with van der Waals surface area (Å²) in [5, 5.41) is 44.3. The fraction of sp³-hybridized carbons (Fsp3) is 0.875. The summed E-state index contributed by atoms with van der Waals surface area (Å²) >= 11 is 2.56. The molecule has 0 amide bonds. The van der Waals surface area contributed by atoms with Crippen molar-refractivity contribution in [2.24, 2.45) is 0 Å². The van der Waals surface area contributed by atoms with Gasteiger partial charge in [0.05, 0.1) is 6.61 Å². The summed E-state index contributed by atoms with van der Waals surface area (Å²) in [6.45, 7) is 1.51. The van der Waals surface area contributed by atoms with Crippen molar-refractivity contribution < 1.29 is 35.1 Å². The summed E-state index contributed by atoms with van der Waals surface area (Å²) in [5.41, 5.74) is 0. The molecule has 0 heterocycles. The van der Waals surface area contributed by atoms with Crippen molar-refractivity contribution in [2.75, 3.05) is 6.61 Å². The maximum absolute atomic E-state index is 11.0. The fourth-order valence-electron chi connectivity index (χ4n) is 0.919. The quantitative estimate of drug-likeness (QED) is 0.276. The number of aliphatic hydroxyl groups is 5. The third kappa shape index (κ3) is 4.32. The average molecular weight is 303 g/mol. The van der Waals surface area contributed by atoms with E-state index in [1.54, 1.807) is 0 Å². The molecule has 0 spiro atoms. The SMILES string of the molecule is CCOC(=O)C(O)C(O)C(O)C(O)C(O)Br. The molecule has 0 saturated heterocycles. The number of esters is 1. The van der Waals surface area contributed by atoms with E-state index in [1.807, 2.05) is 0 Å². The number of halogens is 1. The molecule has 0 fully saturated rings. The van der Waals surface area contributed by atoms with Crippen LogP contribution in [0.4, 0.5) is 0 Å². The molecule has 16 heavy (non-hydrogen) atoms. The molecule has 96 valence electrons. The summed E-state index contributed by atoms with van der Waals surface area (Å²) < 4.78 is 4.40. The molecule has 0 aromatic rings. The zero-order chi connectivity index (χ0) is 12.9. The van der Waals surface area contributed by atoms with Crippen LogP contribution < -0.4 is 0 Å². The molecule has 0 bridgehead atoms. The van der Waals surface area contributed by atoms with Gasteiger partial charge in [0.2, 0.25) is 0 Å². The second kappa shape index (κ2) is 7.15. The average Bonchev–Trinajstić information content (AvgIpc) is 2.25. The summed E-state index contributed by atoms with van der Waals surface area (Å²) in [6, 6.07) is 0. The Morgan fingerprint density at radius 1 is 1.12 bits per heavy atom. The van der Waals surface area contributed by atoms with Crippen molar-refractivity contribution in [3.63, 3.8) is 0 Å². The molecule has 7 nitrogen and oxygen atoms in total. The maximum atomic E-state index is 11.0. The highest BCUT2D eigenvalue weighted by molar-refractivity contribution is 9.09. The minimum Gasteiger partial charge on any atom is -0.464 e. The van der Waals surface area contributed by atoms with E-state index in [-0.39, 0.29) is 6.61 Å². The van der Waals surface area contributed by atoms with E-state index in [0.717, 1.165) is 0 Å². The Kier molecular flexibility index (Phi) is 7.04. The number of ether oxygens (including phenoxy) is 1. The molecule has 8 heteroatoms. The van der Waals surface area contributed by atoms with Crippen LogP contribution in [0.2, 0.25) is 0 Å². The van der Waals surface area contributed by atoms with Gasteiger partial charge in [0.25, 0.3) is 0 Å². The molecule has 0 aliphatic carbocycles. The van der Waals surface area contributed by atoms with Crippen LogP contribution in [0, 0.1) is 0 Å². The topological polar surface area (TPSA) is 127 Å². The van der Waals surface area contributed by atoms with E-state index in [0.29, 0.717) is 0 Å². The second-order valence-electron chi connectivity index (χ2n) is 3.04. The summed E-state index contributed by atoms with van der Waals surface area (Å²) in [7, 11) is 0. The lowest BCUT2D eigenvalue weighted by Crippen LogP contribution is -2.50. The van der Waals surface area contributed by atoms with Crippen molar-refractivity contribution >= 4 is 21.9 Å². The molecule has 5 atom stereocenters. The molecule has 0 aliphatic heterocycles. The second-order valence-corrected chi connectivity index (χ2v) is 3.98. The maximum Gasteiger partial charge on any atom is 0.337 e. The first kappa shape index (κ1) is 15.8. The minimum atomic E-state index is -1.99. The minimum absolute atomic E-state index is 0.00231. The zero-order valence-electron chi connectivity index (χ0n) is 8.52. The predicted molar refractivity (Wildman–Crippen MR) is 55.6 cm³/mol. The number of carbonyl (C=O) groups is 1. The van der Waals surface area contributed by atoms with Crippen molar-refractivity contribution in [1.82, 2.24) is 0 Å². The molecule has 0 rings (SSSR count).